The van der Waals surface area contributed by atoms with E-state index >= 15 is 0 Å². The average molecular weight is 389 g/mol. The van der Waals surface area contributed by atoms with Gasteiger partial charge in [-0.2, -0.15) is 0 Å². The van der Waals surface area contributed by atoms with Crippen LogP contribution in [-0.4, -0.2) is 47.8 Å². The van der Waals surface area contributed by atoms with E-state index in [9.17, 15) is 9.59 Å². The lowest BCUT2D eigenvalue weighted by molar-refractivity contribution is -0.139. The smallest absolute Gasteiger partial charge is 0.333 e. The van der Waals surface area contributed by atoms with Crippen LogP contribution in [0.4, 0.5) is 0 Å². The summed E-state index contributed by atoms with van der Waals surface area (Å²) >= 11 is 0. The van der Waals surface area contributed by atoms with Crippen LogP contribution in [0.5, 0.6) is 0 Å². The van der Waals surface area contributed by atoms with Crippen molar-refractivity contribution in [2.24, 2.45) is 5.73 Å². The van der Waals surface area contributed by atoms with E-state index in [1.807, 2.05) is 26.0 Å². The third-order valence-corrected chi connectivity index (χ3v) is 4.90. The summed E-state index contributed by atoms with van der Waals surface area (Å²) < 4.78 is 11.6. The molecule has 0 radical (unpaired) electrons. The van der Waals surface area contributed by atoms with Crippen molar-refractivity contribution in [3.63, 3.8) is 0 Å². The average Bonchev–Trinajstić information content (AvgIpc) is 2.68. The summed E-state index contributed by atoms with van der Waals surface area (Å²) in [6, 6.07) is 2.99. The molecule has 28 heavy (non-hydrogen) atoms. The normalized spacial score (nSPS) is 21.9. The van der Waals surface area contributed by atoms with E-state index in [0.717, 1.165) is 18.4 Å². The second-order valence-electron chi connectivity index (χ2n) is 7.07. The number of carbonyl (C=O) groups is 2. The van der Waals surface area contributed by atoms with Crippen molar-refractivity contribution in [3.05, 3.63) is 41.7 Å². The van der Waals surface area contributed by atoms with E-state index in [-0.39, 0.29) is 30.6 Å². The van der Waals surface area contributed by atoms with Gasteiger partial charge >= 0.3 is 5.97 Å². The number of nitrogens with one attached hydrogen (secondary N) is 1. The monoisotopic (exact) mass is 389 g/mol. The molecular weight excluding hydrogens is 358 g/mol. The summed E-state index contributed by atoms with van der Waals surface area (Å²) in [7, 11) is 0. The van der Waals surface area contributed by atoms with E-state index in [1.165, 1.54) is 6.92 Å². The van der Waals surface area contributed by atoms with Gasteiger partial charge in [0.05, 0.1) is 24.9 Å². The highest BCUT2D eigenvalue weighted by atomic mass is 16.5. The quantitative estimate of drug-likeness (QED) is 0.625. The van der Waals surface area contributed by atoms with Crippen molar-refractivity contribution in [1.82, 2.24) is 10.3 Å². The summed E-state index contributed by atoms with van der Waals surface area (Å²) in [6.07, 6.45) is 7.40. The number of ether oxygens (including phenoxy) is 2. The molecule has 1 aliphatic rings. The fourth-order valence-electron chi connectivity index (χ4n) is 3.30. The fourth-order valence-corrected chi connectivity index (χ4v) is 3.30. The topological polar surface area (TPSA) is 104 Å². The van der Waals surface area contributed by atoms with E-state index in [1.54, 1.807) is 18.5 Å². The Balaban J connectivity index is 2.05. The van der Waals surface area contributed by atoms with Gasteiger partial charge in [-0.15, -0.1) is 0 Å². The predicted molar refractivity (Wildman–Crippen MR) is 106 cm³/mol. The number of hydrogen-bond donors (Lipinski definition) is 2. The molecule has 1 aromatic rings. The molecule has 0 aromatic carbocycles. The lowest BCUT2D eigenvalue weighted by Gasteiger charge is -2.36. The Labute approximate surface area is 166 Å². The van der Waals surface area contributed by atoms with E-state index in [0.29, 0.717) is 18.4 Å². The van der Waals surface area contributed by atoms with Gasteiger partial charge in [-0.25, -0.2) is 4.79 Å². The van der Waals surface area contributed by atoms with Gasteiger partial charge in [0.2, 0.25) is 5.91 Å². The fraction of sp³-hybridized carbons (Fsp3) is 0.571. The Kier molecular flexibility index (Phi) is 8.60. The van der Waals surface area contributed by atoms with Crippen LogP contribution in [0, 0.1) is 0 Å². The van der Waals surface area contributed by atoms with Gasteiger partial charge in [0.25, 0.3) is 0 Å². The first kappa shape index (κ1) is 22.0. The molecule has 7 heteroatoms. The number of carbonyl (C=O) groups excluding carboxylic acids is 2. The molecule has 3 N–H and O–H groups in total. The van der Waals surface area contributed by atoms with Gasteiger partial charge in [-0.05, 0) is 43.0 Å². The molecule has 0 saturated heterocycles. The van der Waals surface area contributed by atoms with Crippen LogP contribution >= 0.6 is 0 Å². The van der Waals surface area contributed by atoms with Crippen molar-refractivity contribution in [1.29, 1.82) is 0 Å². The minimum absolute atomic E-state index is 0.0340. The molecule has 1 aromatic heterocycles. The van der Waals surface area contributed by atoms with Crippen LogP contribution in [-0.2, 0) is 25.5 Å². The van der Waals surface area contributed by atoms with Crippen LogP contribution in [0.3, 0.4) is 0 Å². The third-order valence-electron chi connectivity index (χ3n) is 4.90. The first-order valence-electron chi connectivity index (χ1n) is 9.89. The predicted octanol–water partition coefficient (Wildman–Crippen LogP) is 1.90. The van der Waals surface area contributed by atoms with Gasteiger partial charge in [0, 0.05) is 37.4 Å². The van der Waals surface area contributed by atoms with Crippen molar-refractivity contribution < 1.29 is 19.1 Å². The molecule has 0 saturated carbocycles. The molecule has 1 heterocycles. The van der Waals surface area contributed by atoms with Crippen molar-refractivity contribution in [3.8, 4) is 0 Å². The molecule has 3 atom stereocenters. The lowest BCUT2D eigenvalue weighted by atomic mass is 9.88. The Morgan fingerprint density at radius 1 is 1.29 bits per heavy atom. The summed E-state index contributed by atoms with van der Waals surface area (Å²) in [4.78, 5) is 28.1. The first-order chi connectivity index (χ1) is 13.4. The number of hydrogen-bond acceptors (Lipinski definition) is 6. The highest BCUT2D eigenvalue weighted by Gasteiger charge is 2.35. The Morgan fingerprint density at radius 2 is 1.96 bits per heavy atom. The van der Waals surface area contributed by atoms with Crippen molar-refractivity contribution in [2.45, 2.75) is 70.7 Å². The molecule has 0 bridgehead atoms. The molecule has 0 fully saturated rings. The maximum Gasteiger partial charge on any atom is 0.333 e. The summed E-state index contributed by atoms with van der Waals surface area (Å²) in [6.45, 7) is 5.82. The minimum Gasteiger partial charge on any atom is -0.462 e. The minimum atomic E-state index is -0.458. The number of esters is 1. The number of pyridine rings is 1. The van der Waals surface area contributed by atoms with Gasteiger partial charge in [-0.1, -0.05) is 13.8 Å². The molecule has 1 amide bonds. The van der Waals surface area contributed by atoms with Crippen LogP contribution < -0.4 is 11.1 Å². The maximum absolute atomic E-state index is 12.5. The molecular formula is C21H31N3O4. The largest absolute Gasteiger partial charge is 0.462 e. The Morgan fingerprint density at radius 3 is 2.57 bits per heavy atom. The molecule has 1 aliphatic carbocycles. The Bertz CT molecular complexity index is 673. The standard InChI is InChI=1S/C21H31N3O4/c1-4-17(5-2)28-19-13-16(12-18(22)20(19)24-14(3)25)21(26)27-11-8-15-6-9-23-10-7-15/h6-7,9-10,13,17-20H,4-5,8,11-12,22H2,1-3H3,(H,24,25)/t18-,19+,20+/m0/s1. The molecule has 7 nitrogen and oxygen atoms in total. The molecule has 2 rings (SSSR count). The maximum atomic E-state index is 12.5. The van der Waals surface area contributed by atoms with Crippen molar-refractivity contribution in [2.75, 3.05) is 6.61 Å². The Hall–Kier alpha value is -2.25. The zero-order chi connectivity index (χ0) is 20.5. The highest BCUT2D eigenvalue weighted by molar-refractivity contribution is 5.89. The van der Waals surface area contributed by atoms with E-state index in [4.69, 9.17) is 15.2 Å². The number of amides is 1. The van der Waals surface area contributed by atoms with Gasteiger partial charge in [0.1, 0.15) is 0 Å². The summed E-state index contributed by atoms with van der Waals surface area (Å²) in [5.41, 5.74) is 7.83. The van der Waals surface area contributed by atoms with Crippen LogP contribution in [0.25, 0.3) is 0 Å². The second kappa shape index (κ2) is 10.9. The van der Waals surface area contributed by atoms with Gasteiger partial charge < -0.3 is 20.5 Å². The summed E-state index contributed by atoms with van der Waals surface area (Å²) in [5.74, 6) is -0.556. The summed E-state index contributed by atoms with van der Waals surface area (Å²) in [5, 5.41) is 2.87. The molecule has 0 aliphatic heterocycles. The number of nitrogens with zero attached hydrogens (tertiary/aromatic N) is 1. The zero-order valence-electron chi connectivity index (χ0n) is 16.9. The number of aromatic nitrogens is 1. The highest BCUT2D eigenvalue weighted by Crippen LogP contribution is 2.24. The second-order valence-corrected chi connectivity index (χ2v) is 7.07. The van der Waals surface area contributed by atoms with E-state index < -0.39 is 12.1 Å². The van der Waals surface area contributed by atoms with Crippen LogP contribution in [0.1, 0.15) is 45.6 Å². The number of nitrogens with two attached hydrogens (primary N) is 1. The van der Waals surface area contributed by atoms with Crippen molar-refractivity contribution >= 4 is 11.9 Å². The molecule has 0 spiro atoms. The van der Waals surface area contributed by atoms with Gasteiger partial charge in [-0.3, -0.25) is 9.78 Å². The van der Waals surface area contributed by atoms with Gasteiger partial charge in [0.15, 0.2) is 0 Å². The number of rotatable bonds is 9. The lowest BCUT2D eigenvalue weighted by Crippen LogP contribution is -2.57. The third kappa shape index (κ3) is 6.42. The molecule has 154 valence electrons. The first-order valence-corrected chi connectivity index (χ1v) is 9.89. The van der Waals surface area contributed by atoms with E-state index in [2.05, 4.69) is 10.3 Å². The molecule has 0 unspecified atom stereocenters. The van der Waals surface area contributed by atoms with Crippen LogP contribution in [0.2, 0.25) is 0 Å². The van der Waals surface area contributed by atoms with Crippen LogP contribution in [0.15, 0.2) is 36.2 Å². The SMILES string of the molecule is CCC(CC)O[C@@H]1C=C(C(=O)OCCc2ccncc2)C[C@H](N)[C@H]1NC(C)=O. The zero-order valence-corrected chi connectivity index (χ0v) is 16.9.